The van der Waals surface area contributed by atoms with E-state index in [-0.39, 0.29) is 11.8 Å². The van der Waals surface area contributed by atoms with Gasteiger partial charge in [0.25, 0.3) is 0 Å². The van der Waals surface area contributed by atoms with Gasteiger partial charge in [-0.2, -0.15) is 0 Å². The number of rotatable bonds is 3. The summed E-state index contributed by atoms with van der Waals surface area (Å²) in [6.07, 6.45) is 6.50. The Morgan fingerprint density at radius 1 is 1.27 bits per heavy atom. The fourth-order valence-corrected chi connectivity index (χ4v) is 1.56. The van der Waals surface area contributed by atoms with Gasteiger partial charge in [-0.15, -0.1) is 0 Å². The van der Waals surface area contributed by atoms with Crippen LogP contribution in [-0.4, -0.2) is 36.3 Å². The summed E-state index contributed by atoms with van der Waals surface area (Å²) in [4.78, 5) is 24.2. The van der Waals surface area contributed by atoms with Gasteiger partial charge < -0.3 is 10.2 Å². The summed E-state index contributed by atoms with van der Waals surface area (Å²) >= 11 is 0. The van der Waals surface area contributed by atoms with Gasteiger partial charge in [0, 0.05) is 33.0 Å². The van der Waals surface area contributed by atoms with Crippen LogP contribution in [0.15, 0.2) is 12.2 Å². The maximum atomic E-state index is 11.7. The monoisotopic (exact) mass is 210 g/mol. The molecule has 0 bridgehead atoms. The van der Waals surface area contributed by atoms with Crippen molar-refractivity contribution in [3.8, 4) is 0 Å². The molecule has 0 saturated heterocycles. The Bertz CT molecular complexity index is 251. The van der Waals surface area contributed by atoms with Gasteiger partial charge in [0.05, 0.1) is 0 Å². The molecule has 0 aromatic rings. The molecule has 0 aromatic heterocycles. The van der Waals surface area contributed by atoms with Crippen LogP contribution < -0.4 is 5.32 Å². The lowest BCUT2D eigenvalue weighted by atomic mass is 10.3. The Balaban J connectivity index is 2.23. The molecule has 4 nitrogen and oxygen atoms in total. The number of carbonyl (C=O) groups excluding carboxylic acids is 2. The van der Waals surface area contributed by atoms with Gasteiger partial charge in [0.1, 0.15) is 0 Å². The zero-order valence-electron chi connectivity index (χ0n) is 9.16. The Morgan fingerprint density at radius 3 is 2.40 bits per heavy atom. The van der Waals surface area contributed by atoms with Gasteiger partial charge in [-0.3, -0.25) is 9.59 Å². The van der Waals surface area contributed by atoms with E-state index in [1.165, 1.54) is 6.92 Å². The number of hydrogen-bond acceptors (Lipinski definition) is 2. The van der Waals surface area contributed by atoms with Crippen molar-refractivity contribution >= 4 is 11.8 Å². The fraction of sp³-hybridized carbons (Fsp3) is 0.636. The van der Waals surface area contributed by atoms with Gasteiger partial charge in [-0.1, -0.05) is 12.2 Å². The molecule has 0 fully saturated rings. The number of amides is 2. The average molecular weight is 210 g/mol. The molecule has 1 rings (SSSR count). The second-order valence-electron chi connectivity index (χ2n) is 3.66. The molecule has 0 saturated carbocycles. The maximum absolute atomic E-state index is 11.7. The minimum Gasteiger partial charge on any atom is -0.356 e. The minimum absolute atomic E-state index is 0.0830. The molecule has 0 aliphatic carbocycles. The normalized spacial score (nSPS) is 15.9. The van der Waals surface area contributed by atoms with Gasteiger partial charge in [0.15, 0.2) is 0 Å². The van der Waals surface area contributed by atoms with Crippen LogP contribution in [0.1, 0.15) is 26.2 Å². The van der Waals surface area contributed by atoms with Gasteiger partial charge >= 0.3 is 0 Å². The van der Waals surface area contributed by atoms with E-state index in [2.05, 4.69) is 17.5 Å². The van der Waals surface area contributed by atoms with Crippen molar-refractivity contribution in [3.63, 3.8) is 0 Å². The zero-order valence-corrected chi connectivity index (χ0v) is 9.16. The quantitative estimate of drug-likeness (QED) is 0.697. The lowest BCUT2D eigenvalue weighted by Crippen LogP contribution is -2.34. The molecular formula is C11H18N2O2. The second kappa shape index (κ2) is 6.22. The molecular weight excluding hydrogens is 192 g/mol. The molecule has 1 heterocycles. The first-order chi connectivity index (χ1) is 7.20. The topological polar surface area (TPSA) is 49.4 Å². The van der Waals surface area contributed by atoms with Crippen molar-refractivity contribution in [1.82, 2.24) is 10.2 Å². The standard InChI is InChI=1S/C11H18N2O2/c1-10(14)12-7-6-11(15)13-8-4-2-3-5-9-13/h2-3H,4-9H2,1H3,(H,12,14). The molecule has 2 amide bonds. The molecule has 15 heavy (non-hydrogen) atoms. The number of carbonyl (C=O) groups is 2. The van der Waals surface area contributed by atoms with Crippen molar-refractivity contribution in [3.05, 3.63) is 12.2 Å². The van der Waals surface area contributed by atoms with E-state index >= 15 is 0 Å². The summed E-state index contributed by atoms with van der Waals surface area (Å²) in [6.45, 7) is 3.50. The highest BCUT2D eigenvalue weighted by molar-refractivity contribution is 5.78. The highest BCUT2D eigenvalue weighted by Crippen LogP contribution is 2.04. The van der Waals surface area contributed by atoms with Crippen LogP contribution in [0.5, 0.6) is 0 Å². The average Bonchev–Trinajstić information content (AvgIpc) is 2.44. The van der Waals surface area contributed by atoms with Crippen molar-refractivity contribution in [2.24, 2.45) is 0 Å². The Kier molecular flexibility index (Phi) is 4.87. The van der Waals surface area contributed by atoms with E-state index in [9.17, 15) is 9.59 Å². The van der Waals surface area contributed by atoms with E-state index in [0.29, 0.717) is 13.0 Å². The summed E-state index contributed by atoms with van der Waals surface area (Å²) in [7, 11) is 0. The Labute approximate surface area is 90.3 Å². The first-order valence-electron chi connectivity index (χ1n) is 5.37. The molecule has 0 radical (unpaired) electrons. The van der Waals surface area contributed by atoms with Crippen LogP contribution in [0.3, 0.4) is 0 Å². The maximum Gasteiger partial charge on any atom is 0.224 e. The van der Waals surface area contributed by atoms with E-state index in [1.807, 2.05) is 4.90 Å². The number of nitrogens with one attached hydrogen (secondary N) is 1. The molecule has 1 N–H and O–H groups in total. The largest absolute Gasteiger partial charge is 0.356 e. The third kappa shape index (κ3) is 4.63. The first kappa shape index (κ1) is 11.8. The van der Waals surface area contributed by atoms with Crippen LogP contribution in [-0.2, 0) is 9.59 Å². The van der Waals surface area contributed by atoms with Gasteiger partial charge in [-0.25, -0.2) is 0 Å². The lowest BCUT2D eigenvalue weighted by molar-refractivity contribution is -0.131. The van der Waals surface area contributed by atoms with Crippen molar-refractivity contribution < 1.29 is 9.59 Å². The molecule has 84 valence electrons. The first-order valence-corrected chi connectivity index (χ1v) is 5.37. The van der Waals surface area contributed by atoms with Crippen LogP contribution in [0.2, 0.25) is 0 Å². The SMILES string of the molecule is CC(=O)NCCC(=O)N1CCC=CCC1. The van der Waals surface area contributed by atoms with E-state index in [4.69, 9.17) is 0 Å². The molecule has 1 aliphatic heterocycles. The molecule has 0 atom stereocenters. The van der Waals surface area contributed by atoms with E-state index in [0.717, 1.165) is 25.9 Å². The third-order valence-electron chi connectivity index (χ3n) is 2.36. The van der Waals surface area contributed by atoms with Crippen LogP contribution in [0, 0.1) is 0 Å². The number of hydrogen-bond donors (Lipinski definition) is 1. The predicted molar refractivity (Wildman–Crippen MR) is 58.3 cm³/mol. The third-order valence-corrected chi connectivity index (χ3v) is 2.36. The van der Waals surface area contributed by atoms with E-state index < -0.39 is 0 Å². The number of nitrogens with zero attached hydrogens (tertiary/aromatic N) is 1. The summed E-state index contributed by atoms with van der Waals surface area (Å²) in [6, 6.07) is 0. The second-order valence-corrected chi connectivity index (χ2v) is 3.66. The summed E-state index contributed by atoms with van der Waals surface area (Å²) in [5, 5.41) is 2.63. The molecule has 4 heteroatoms. The molecule has 1 aliphatic rings. The van der Waals surface area contributed by atoms with Crippen molar-refractivity contribution in [2.75, 3.05) is 19.6 Å². The summed E-state index contributed by atoms with van der Waals surface area (Å²) < 4.78 is 0. The fourth-order valence-electron chi connectivity index (χ4n) is 1.56. The summed E-state index contributed by atoms with van der Waals surface area (Å²) in [5.74, 6) is 0.0489. The Morgan fingerprint density at radius 2 is 1.87 bits per heavy atom. The van der Waals surface area contributed by atoms with Gasteiger partial charge in [0.2, 0.25) is 11.8 Å². The highest BCUT2D eigenvalue weighted by Gasteiger charge is 2.12. The Hall–Kier alpha value is -1.32. The van der Waals surface area contributed by atoms with Crippen molar-refractivity contribution in [2.45, 2.75) is 26.2 Å². The van der Waals surface area contributed by atoms with Gasteiger partial charge in [-0.05, 0) is 12.8 Å². The highest BCUT2D eigenvalue weighted by atomic mass is 16.2. The van der Waals surface area contributed by atoms with Crippen LogP contribution in [0.4, 0.5) is 0 Å². The predicted octanol–water partition coefficient (Wildman–Crippen LogP) is 0.691. The van der Waals surface area contributed by atoms with Crippen LogP contribution >= 0.6 is 0 Å². The zero-order chi connectivity index (χ0) is 11.1. The lowest BCUT2D eigenvalue weighted by Gasteiger charge is -2.20. The molecule has 0 aromatic carbocycles. The summed E-state index contributed by atoms with van der Waals surface area (Å²) in [5.41, 5.74) is 0. The minimum atomic E-state index is -0.0830. The molecule has 0 unspecified atom stereocenters. The smallest absolute Gasteiger partial charge is 0.224 e. The van der Waals surface area contributed by atoms with E-state index in [1.54, 1.807) is 0 Å². The van der Waals surface area contributed by atoms with Crippen molar-refractivity contribution in [1.29, 1.82) is 0 Å². The van der Waals surface area contributed by atoms with Crippen LogP contribution in [0.25, 0.3) is 0 Å². The molecule has 0 spiro atoms.